The van der Waals surface area contributed by atoms with Crippen LogP contribution in [0.25, 0.3) is 0 Å². The molecule has 1 saturated carbocycles. The topological polar surface area (TPSA) is 55.8 Å². The standard InChI is InChI=1S/C12H17NO4/c1-16-11(14)10-9-6-4-3-5-8(9)7-13(10)12(15)17-2/h8H,3-7H2,1-2H3/t8-/m0/s1. The average molecular weight is 239 g/mol. The van der Waals surface area contributed by atoms with Crippen molar-refractivity contribution >= 4 is 12.1 Å². The molecule has 0 aromatic carbocycles. The zero-order valence-corrected chi connectivity index (χ0v) is 10.2. The lowest BCUT2D eigenvalue weighted by Gasteiger charge is -2.19. The molecular weight excluding hydrogens is 222 g/mol. The maximum atomic E-state index is 11.8. The van der Waals surface area contributed by atoms with Crippen LogP contribution in [-0.2, 0) is 14.3 Å². The molecule has 2 aliphatic rings. The fourth-order valence-electron chi connectivity index (χ4n) is 2.70. The second-order valence-corrected chi connectivity index (χ2v) is 4.39. The molecule has 1 aliphatic heterocycles. The summed E-state index contributed by atoms with van der Waals surface area (Å²) in [7, 11) is 2.66. The molecule has 1 atom stereocenters. The lowest BCUT2D eigenvalue weighted by atomic mass is 9.85. The predicted octanol–water partition coefficient (Wildman–Crippen LogP) is 1.69. The maximum absolute atomic E-state index is 11.8. The average Bonchev–Trinajstić information content (AvgIpc) is 2.76. The van der Waals surface area contributed by atoms with Crippen LogP contribution in [0.1, 0.15) is 25.7 Å². The van der Waals surface area contributed by atoms with Crippen LogP contribution in [0, 0.1) is 5.92 Å². The Kier molecular flexibility index (Phi) is 3.36. The molecule has 1 fully saturated rings. The van der Waals surface area contributed by atoms with Gasteiger partial charge in [-0.2, -0.15) is 0 Å². The second kappa shape index (κ2) is 4.77. The van der Waals surface area contributed by atoms with Crippen LogP contribution in [0.4, 0.5) is 4.79 Å². The van der Waals surface area contributed by atoms with Gasteiger partial charge in [-0.05, 0) is 24.8 Å². The van der Waals surface area contributed by atoms with Crippen molar-refractivity contribution in [2.75, 3.05) is 20.8 Å². The molecule has 0 saturated heterocycles. The van der Waals surface area contributed by atoms with Gasteiger partial charge in [0.05, 0.1) is 14.2 Å². The van der Waals surface area contributed by atoms with E-state index in [9.17, 15) is 9.59 Å². The first-order valence-corrected chi connectivity index (χ1v) is 5.86. The van der Waals surface area contributed by atoms with Gasteiger partial charge in [-0.1, -0.05) is 6.42 Å². The summed E-state index contributed by atoms with van der Waals surface area (Å²) in [5.74, 6) is -0.133. The minimum absolute atomic E-state index is 0.303. The quantitative estimate of drug-likeness (QED) is 0.653. The first kappa shape index (κ1) is 12.0. The highest BCUT2D eigenvalue weighted by Crippen LogP contribution is 2.39. The maximum Gasteiger partial charge on any atom is 0.414 e. The van der Waals surface area contributed by atoms with Crippen molar-refractivity contribution < 1.29 is 19.1 Å². The van der Waals surface area contributed by atoms with E-state index in [1.807, 2.05) is 0 Å². The molecule has 0 spiro atoms. The summed E-state index contributed by atoms with van der Waals surface area (Å²) < 4.78 is 9.47. The number of hydrogen-bond donors (Lipinski definition) is 0. The van der Waals surface area contributed by atoms with Crippen molar-refractivity contribution in [3.8, 4) is 0 Å². The SMILES string of the molecule is COC(=O)C1=C2CCCC[C@H]2CN1C(=O)OC. The fourth-order valence-corrected chi connectivity index (χ4v) is 2.70. The predicted molar refractivity (Wildman–Crippen MR) is 60.1 cm³/mol. The van der Waals surface area contributed by atoms with E-state index in [0.717, 1.165) is 31.3 Å². The number of ether oxygens (including phenoxy) is 2. The normalized spacial score (nSPS) is 23.4. The molecule has 5 heteroatoms. The third-order valence-electron chi connectivity index (χ3n) is 3.49. The van der Waals surface area contributed by atoms with E-state index in [-0.39, 0.29) is 0 Å². The van der Waals surface area contributed by atoms with Crippen LogP contribution in [-0.4, -0.2) is 37.7 Å². The minimum atomic E-state index is -0.479. The summed E-state index contributed by atoms with van der Waals surface area (Å²) in [5.41, 5.74) is 1.47. The molecule has 94 valence electrons. The number of methoxy groups -OCH3 is 2. The van der Waals surface area contributed by atoms with Gasteiger partial charge in [0.1, 0.15) is 5.70 Å². The number of esters is 1. The number of hydrogen-bond acceptors (Lipinski definition) is 4. The van der Waals surface area contributed by atoms with Gasteiger partial charge in [0.25, 0.3) is 0 Å². The van der Waals surface area contributed by atoms with Gasteiger partial charge in [0.15, 0.2) is 0 Å². The Morgan fingerprint density at radius 1 is 1.24 bits per heavy atom. The lowest BCUT2D eigenvalue weighted by Crippen LogP contribution is -2.32. The number of carbonyl (C=O) groups excluding carboxylic acids is 2. The van der Waals surface area contributed by atoms with Crippen LogP contribution in [0.2, 0.25) is 0 Å². The largest absolute Gasteiger partial charge is 0.464 e. The molecule has 0 unspecified atom stereocenters. The molecule has 1 aliphatic carbocycles. The highest BCUT2D eigenvalue weighted by molar-refractivity contribution is 5.94. The Balaban J connectivity index is 2.33. The van der Waals surface area contributed by atoms with Crippen LogP contribution >= 0.6 is 0 Å². The van der Waals surface area contributed by atoms with E-state index in [1.165, 1.54) is 19.1 Å². The number of amides is 1. The molecule has 0 radical (unpaired) electrons. The molecule has 0 N–H and O–H groups in total. The van der Waals surface area contributed by atoms with Crippen LogP contribution in [0.3, 0.4) is 0 Å². The summed E-state index contributed by atoms with van der Waals surface area (Å²) in [6.45, 7) is 0.548. The third-order valence-corrected chi connectivity index (χ3v) is 3.49. The molecule has 1 amide bonds. The molecule has 17 heavy (non-hydrogen) atoms. The minimum Gasteiger partial charge on any atom is -0.464 e. The summed E-state index contributed by atoms with van der Waals surface area (Å²) in [6, 6.07) is 0. The summed E-state index contributed by atoms with van der Waals surface area (Å²) in [5, 5.41) is 0. The molecule has 1 heterocycles. The molecule has 0 aromatic heterocycles. The van der Waals surface area contributed by atoms with Crippen molar-refractivity contribution in [3.63, 3.8) is 0 Å². The molecule has 5 nitrogen and oxygen atoms in total. The van der Waals surface area contributed by atoms with E-state index >= 15 is 0 Å². The van der Waals surface area contributed by atoms with Crippen molar-refractivity contribution in [1.82, 2.24) is 4.90 Å². The van der Waals surface area contributed by atoms with Crippen LogP contribution in [0.15, 0.2) is 11.3 Å². The monoisotopic (exact) mass is 239 g/mol. The van der Waals surface area contributed by atoms with Gasteiger partial charge in [-0.3, -0.25) is 4.90 Å². The van der Waals surface area contributed by atoms with Gasteiger partial charge in [-0.15, -0.1) is 0 Å². The Morgan fingerprint density at radius 2 is 2.00 bits per heavy atom. The van der Waals surface area contributed by atoms with E-state index < -0.39 is 12.1 Å². The Bertz CT molecular complexity index is 375. The first-order valence-electron chi connectivity index (χ1n) is 5.86. The molecular formula is C12H17NO4. The van der Waals surface area contributed by atoms with Gasteiger partial charge in [0, 0.05) is 12.5 Å². The van der Waals surface area contributed by atoms with Crippen molar-refractivity contribution in [2.45, 2.75) is 25.7 Å². The van der Waals surface area contributed by atoms with Crippen molar-refractivity contribution in [3.05, 3.63) is 11.3 Å². The number of fused-ring (bicyclic) bond motifs is 1. The van der Waals surface area contributed by atoms with Gasteiger partial charge < -0.3 is 9.47 Å². The van der Waals surface area contributed by atoms with Gasteiger partial charge >= 0.3 is 12.1 Å². The van der Waals surface area contributed by atoms with Gasteiger partial charge in [-0.25, -0.2) is 9.59 Å². The lowest BCUT2D eigenvalue weighted by molar-refractivity contribution is -0.137. The summed E-state index contributed by atoms with van der Waals surface area (Å²) in [6.07, 6.45) is 3.65. The summed E-state index contributed by atoms with van der Waals surface area (Å²) >= 11 is 0. The van der Waals surface area contributed by atoms with Crippen LogP contribution in [0.5, 0.6) is 0 Å². The van der Waals surface area contributed by atoms with Gasteiger partial charge in [0.2, 0.25) is 0 Å². The van der Waals surface area contributed by atoms with E-state index in [1.54, 1.807) is 0 Å². The Morgan fingerprint density at radius 3 is 2.65 bits per heavy atom. The zero-order valence-electron chi connectivity index (χ0n) is 10.2. The van der Waals surface area contributed by atoms with E-state index in [0.29, 0.717) is 18.2 Å². The Hall–Kier alpha value is -1.52. The van der Waals surface area contributed by atoms with Crippen LogP contribution < -0.4 is 0 Å². The number of carbonyl (C=O) groups is 2. The third kappa shape index (κ3) is 2.01. The molecule has 2 rings (SSSR count). The molecule has 0 bridgehead atoms. The van der Waals surface area contributed by atoms with Crippen molar-refractivity contribution in [1.29, 1.82) is 0 Å². The highest BCUT2D eigenvalue weighted by Gasteiger charge is 2.40. The zero-order chi connectivity index (χ0) is 12.4. The number of nitrogens with zero attached hydrogens (tertiary/aromatic N) is 1. The van der Waals surface area contributed by atoms with E-state index in [2.05, 4.69) is 0 Å². The van der Waals surface area contributed by atoms with E-state index in [4.69, 9.17) is 9.47 Å². The molecule has 0 aromatic rings. The fraction of sp³-hybridized carbons (Fsp3) is 0.667. The number of rotatable bonds is 1. The smallest absolute Gasteiger partial charge is 0.414 e. The Labute approximate surface area is 100 Å². The second-order valence-electron chi connectivity index (χ2n) is 4.39. The summed E-state index contributed by atoms with van der Waals surface area (Å²) in [4.78, 5) is 24.8. The first-order chi connectivity index (χ1) is 8.19. The highest BCUT2D eigenvalue weighted by atomic mass is 16.5. The van der Waals surface area contributed by atoms with Crippen molar-refractivity contribution in [2.24, 2.45) is 5.92 Å².